The van der Waals surface area contributed by atoms with Gasteiger partial charge in [-0.05, 0) is 42.5 Å². The first-order valence-corrected chi connectivity index (χ1v) is 11.5. The van der Waals surface area contributed by atoms with Crippen molar-refractivity contribution >= 4 is 17.5 Å². The number of fused-ring (bicyclic) bond motifs is 1. The Hall–Kier alpha value is -3.45. The molecule has 0 spiro atoms. The fourth-order valence-corrected chi connectivity index (χ4v) is 5.11. The number of carbonyl (C=O) groups excluding carboxylic acids is 2. The van der Waals surface area contributed by atoms with Gasteiger partial charge in [0.2, 0.25) is 6.79 Å². The lowest BCUT2D eigenvalue weighted by Gasteiger charge is -2.36. The van der Waals surface area contributed by atoms with Crippen LogP contribution in [0.25, 0.3) is 0 Å². The zero-order valence-corrected chi connectivity index (χ0v) is 19.3. The Morgan fingerprint density at radius 3 is 2.62 bits per heavy atom. The number of carbonyl (C=O) groups is 2. The summed E-state index contributed by atoms with van der Waals surface area (Å²) < 4.78 is 21.6. The third kappa shape index (κ3) is 4.12. The first-order valence-electron chi connectivity index (χ1n) is 11.5. The van der Waals surface area contributed by atoms with Gasteiger partial charge in [-0.1, -0.05) is 36.4 Å². The molecular formula is C27H27NO6. The van der Waals surface area contributed by atoms with Gasteiger partial charge in [0.25, 0.3) is 0 Å². The highest BCUT2D eigenvalue weighted by Gasteiger charge is 2.45. The standard InChI is InChI=1S/C27H27NO6/c1-16-24(27(30)32-11-10-31-2)25(18-8-9-22-23(14-18)34-15-33-22)26-20(28-16)12-19(13-21(26)29)17-6-4-3-5-7-17/h3-9,14,19,24-25H,10-13,15H2,1-2H3/t19-,24?,25-/m0/s1. The number of esters is 1. The SMILES string of the molecule is COCCOC(=O)C1C(C)=NC2=C(C(=O)C[C@@H](c3ccccc3)C2)[C@H]1c1ccc2c(c1)OCO2. The number of hydrogen-bond donors (Lipinski definition) is 0. The summed E-state index contributed by atoms with van der Waals surface area (Å²) in [5, 5.41) is 0. The van der Waals surface area contributed by atoms with Crippen molar-refractivity contribution in [1.82, 2.24) is 0 Å². The summed E-state index contributed by atoms with van der Waals surface area (Å²) in [7, 11) is 1.55. The molecule has 0 saturated carbocycles. The van der Waals surface area contributed by atoms with Gasteiger partial charge in [-0.3, -0.25) is 14.6 Å². The molecule has 5 rings (SSSR count). The third-order valence-electron chi connectivity index (χ3n) is 6.70. The van der Waals surface area contributed by atoms with E-state index in [-0.39, 0.29) is 25.1 Å². The molecule has 1 aliphatic carbocycles. The van der Waals surface area contributed by atoms with Gasteiger partial charge in [0.1, 0.15) is 12.5 Å². The molecule has 0 N–H and O–H groups in total. The number of rotatable bonds is 6. The molecule has 2 aromatic carbocycles. The zero-order chi connectivity index (χ0) is 23.7. The second-order valence-corrected chi connectivity index (χ2v) is 8.78. The first-order chi connectivity index (χ1) is 16.6. The Kier molecular flexibility index (Phi) is 6.20. The van der Waals surface area contributed by atoms with Crippen LogP contribution in [0.4, 0.5) is 0 Å². The van der Waals surface area contributed by atoms with E-state index < -0.39 is 17.8 Å². The van der Waals surface area contributed by atoms with Crippen LogP contribution in [0.3, 0.4) is 0 Å². The summed E-state index contributed by atoms with van der Waals surface area (Å²) >= 11 is 0. The molecule has 176 valence electrons. The van der Waals surface area contributed by atoms with Crippen LogP contribution < -0.4 is 9.47 Å². The molecule has 3 aliphatic rings. The molecule has 0 fully saturated rings. The molecule has 0 saturated heterocycles. The minimum absolute atomic E-state index is 0.0173. The van der Waals surface area contributed by atoms with Crippen LogP contribution in [0.2, 0.25) is 0 Å². The van der Waals surface area contributed by atoms with E-state index in [0.29, 0.717) is 42.2 Å². The first kappa shape index (κ1) is 22.3. The Balaban J connectivity index is 1.56. The van der Waals surface area contributed by atoms with Crippen LogP contribution >= 0.6 is 0 Å². The Labute approximate surface area is 198 Å². The van der Waals surface area contributed by atoms with Crippen LogP contribution in [0.1, 0.15) is 42.7 Å². The molecule has 3 atom stereocenters. The summed E-state index contributed by atoms with van der Waals surface area (Å²) in [6, 6.07) is 15.6. The predicted molar refractivity (Wildman–Crippen MR) is 125 cm³/mol. The highest BCUT2D eigenvalue weighted by Crippen LogP contribution is 2.48. The largest absolute Gasteiger partial charge is 0.463 e. The highest BCUT2D eigenvalue weighted by molar-refractivity contribution is 6.09. The fourth-order valence-electron chi connectivity index (χ4n) is 5.11. The Morgan fingerprint density at radius 1 is 1.03 bits per heavy atom. The van der Waals surface area contributed by atoms with Crippen LogP contribution in [0, 0.1) is 5.92 Å². The van der Waals surface area contributed by atoms with E-state index in [1.165, 1.54) is 0 Å². The van der Waals surface area contributed by atoms with Crippen LogP contribution in [0.15, 0.2) is 64.8 Å². The van der Waals surface area contributed by atoms with Gasteiger partial charge in [-0.2, -0.15) is 0 Å². The van der Waals surface area contributed by atoms with Crippen molar-refractivity contribution in [3.05, 3.63) is 70.9 Å². The van der Waals surface area contributed by atoms with Gasteiger partial charge < -0.3 is 18.9 Å². The molecule has 7 heteroatoms. The molecule has 2 aliphatic heterocycles. The Bertz CT molecular complexity index is 1170. The van der Waals surface area contributed by atoms with Crippen molar-refractivity contribution in [3.8, 4) is 11.5 Å². The van der Waals surface area contributed by atoms with Crippen molar-refractivity contribution < 1.29 is 28.5 Å². The number of methoxy groups -OCH3 is 1. The van der Waals surface area contributed by atoms with Crippen LogP contribution in [-0.4, -0.2) is 44.6 Å². The van der Waals surface area contributed by atoms with Crippen molar-refractivity contribution in [2.45, 2.75) is 31.6 Å². The third-order valence-corrected chi connectivity index (χ3v) is 6.70. The zero-order valence-electron chi connectivity index (χ0n) is 19.3. The van der Waals surface area contributed by atoms with Gasteiger partial charge in [0.15, 0.2) is 17.3 Å². The monoisotopic (exact) mass is 461 g/mol. The maximum atomic E-state index is 13.6. The quantitative estimate of drug-likeness (QED) is 0.474. The Morgan fingerprint density at radius 2 is 1.82 bits per heavy atom. The average molecular weight is 462 g/mol. The summed E-state index contributed by atoms with van der Waals surface area (Å²) in [5.41, 5.74) is 3.93. The van der Waals surface area contributed by atoms with Crippen molar-refractivity contribution in [2.24, 2.45) is 10.9 Å². The number of benzene rings is 2. The van der Waals surface area contributed by atoms with Crippen molar-refractivity contribution in [3.63, 3.8) is 0 Å². The normalized spacial score (nSPS) is 23.4. The molecule has 0 radical (unpaired) electrons. The molecular weight excluding hydrogens is 434 g/mol. The number of aliphatic imine (C=N–C) groups is 1. The number of hydrogen-bond acceptors (Lipinski definition) is 7. The lowest BCUT2D eigenvalue weighted by molar-refractivity contribution is -0.147. The molecule has 7 nitrogen and oxygen atoms in total. The average Bonchev–Trinajstić information content (AvgIpc) is 3.31. The van der Waals surface area contributed by atoms with E-state index >= 15 is 0 Å². The number of nitrogens with zero attached hydrogens (tertiary/aromatic N) is 1. The van der Waals surface area contributed by atoms with E-state index in [4.69, 9.17) is 23.9 Å². The van der Waals surface area contributed by atoms with E-state index in [1.807, 2.05) is 55.5 Å². The van der Waals surface area contributed by atoms with E-state index in [2.05, 4.69) is 0 Å². The molecule has 2 heterocycles. The molecule has 2 aromatic rings. The molecule has 0 aromatic heterocycles. The number of ether oxygens (including phenoxy) is 4. The van der Waals surface area contributed by atoms with Gasteiger partial charge >= 0.3 is 5.97 Å². The number of allylic oxidation sites excluding steroid dienone is 2. The lowest BCUT2D eigenvalue weighted by atomic mass is 9.69. The predicted octanol–water partition coefficient (Wildman–Crippen LogP) is 4.18. The van der Waals surface area contributed by atoms with Gasteiger partial charge in [0, 0.05) is 36.4 Å². The fraction of sp³-hybridized carbons (Fsp3) is 0.370. The topological polar surface area (TPSA) is 83.4 Å². The van der Waals surface area contributed by atoms with Crippen LogP contribution in [-0.2, 0) is 19.1 Å². The molecule has 34 heavy (non-hydrogen) atoms. The lowest BCUT2D eigenvalue weighted by Crippen LogP contribution is -2.38. The minimum Gasteiger partial charge on any atom is -0.463 e. The van der Waals surface area contributed by atoms with E-state index in [0.717, 1.165) is 16.8 Å². The van der Waals surface area contributed by atoms with Crippen LogP contribution in [0.5, 0.6) is 11.5 Å². The summed E-state index contributed by atoms with van der Waals surface area (Å²) in [5.74, 6) is -0.274. The summed E-state index contributed by atoms with van der Waals surface area (Å²) in [6.07, 6.45) is 1.03. The van der Waals surface area contributed by atoms with Crippen molar-refractivity contribution in [2.75, 3.05) is 27.1 Å². The maximum Gasteiger partial charge on any atom is 0.315 e. The maximum absolute atomic E-state index is 13.6. The van der Waals surface area contributed by atoms with E-state index in [1.54, 1.807) is 7.11 Å². The van der Waals surface area contributed by atoms with E-state index in [9.17, 15) is 9.59 Å². The second kappa shape index (κ2) is 9.43. The molecule has 0 amide bonds. The highest BCUT2D eigenvalue weighted by atomic mass is 16.7. The smallest absolute Gasteiger partial charge is 0.315 e. The van der Waals surface area contributed by atoms with Gasteiger partial charge in [0.05, 0.1) is 6.61 Å². The second-order valence-electron chi connectivity index (χ2n) is 8.78. The molecule has 0 bridgehead atoms. The summed E-state index contributed by atoms with van der Waals surface area (Å²) in [6.45, 7) is 2.43. The van der Waals surface area contributed by atoms with Gasteiger partial charge in [-0.25, -0.2) is 0 Å². The number of ketones is 1. The summed E-state index contributed by atoms with van der Waals surface area (Å²) in [4.78, 5) is 31.6. The number of Topliss-reactive ketones (excluding diaryl/α,β-unsaturated/α-hetero) is 1. The molecule has 1 unspecified atom stereocenters. The minimum atomic E-state index is -0.701. The van der Waals surface area contributed by atoms with Gasteiger partial charge in [-0.15, -0.1) is 0 Å². The van der Waals surface area contributed by atoms with Crippen molar-refractivity contribution in [1.29, 1.82) is 0 Å².